The molecular formula is C21H32O2. The van der Waals surface area contributed by atoms with Crippen LogP contribution < -0.4 is 0 Å². The van der Waals surface area contributed by atoms with Gasteiger partial charge in [0.1, 0.15) is 0 Å². The third kappa shape index (κ3) is 2.27. The van der Waals surface area contributed by atoms with Gasteiger partial charge in [-0.05, 0) is 99.4 Å². The van der Waals surface area contributed by atoms with E-state index in [4.69, 9.17) is 0 Å². The summed E-state index contributed by atoms with van der Waals surface area (Å²) in [5.41, 5.74) is 1.89. The minimum absolute atomic E-state index is 0.150. The molecule has 0 aliphatic heterocycles. The summed E-state index contributed by atoms with van der Waals surface area (Å²) in [7, 11) is 0. The van der Waals surface area contributed by atoms with E-state index < -0.39 is 0 Å². The summed E-state index contributed by atoms with van der Waals surface area (Å²) in [6.07, 6.45) is 12.6. The number of fused-ring (bicyclic) bond motifs is 5. The van der Waals surface area contributed by atoms with E-state index in [0.717, 1.165) is 37.0 Å². The Morgan fingerprint density at radius 1 is 1.17 bits per heavy atom. The number of ketones is 1. The lowest BCUT2D eigenvalue weighted by Crippen LogP contribution is -2.48. The van der Waals surface area contributed by atoms with Crippen LogP contribution in [0, 0.1) is 35.0 Å². The van der Waals surface area contributed by atoms with Crippen molar-refractivity contribution in [2.75, 3.05) is 0 Å². The molecule has 0 radical (unpaired) electrons. The van der Waals surface area contributed by atoms with E-state index in [1.165, 1.54) is 44.1 Å². The smallest absolute Gasteiger partial charge is 0.155 e. The largest absolute Gasteiger partial charge is 0.393 e. The van der Waals surface area contributed by atoms with Crippen LogP contribution in [0.5, 0.6) is 0 Å². The highest BCUT2D eigenvalue weighted by atomic mass is 16.3. The molecule has 0 amide bonds. The maximum absolute atomic E-state index is 11.8. The lowest BCUT2D eigenvalue weighted by Gasteiger charge is -2.55. The second-order valence-electron chi connectivity index (χ2n) is 8.85. The fourth-order valence-corrected chi connectivity index (χ4v) is 7.45. The predicted molar refractivity (Wildman–Crippen MR) is 91.9 cm³/mol. The molecule has 0 unspecified atom stereocenters. The molecule has 23 heavy (non-hydrogen) atoms. The van der Waals surface area contributed by atoms with E-state index in [0.29, 0.717) is 23.0 Å². The summed E-state index contributed by atoms with van der Waals surface area (Å²) < 4.78 is 0. The monoisotopic (exact) mass is 316 g/mol. The first-order chi connectivity index (χ1) is 11.1. The topological polar surface area (TPSA) is 37.3 Å². The van der Waals surface area contributed by atoms with Crippen LogP contribution in [0.1, 0.15) is 71.6 Å². The van der Waals surface area contributed by atoms with Gasteiger partial charge >= 0.3 is 0 Å². The van der Waals surface area contributed by atoms with Crippen molar-refractivity contribution in [1.29, 1.82) is 0 Å². The zero-order chi connectivity index (χ0) is 16.2. The molecule has 7 atom stereocenters. The third-order valence-corrected chi connectivity index (χ3v) is 8.32. The summed E-state index contributed by atoms with van der Waals surface area (Å²) >= 11 is 0. The molecule has 0 spiro atoms. The van der Waals surface area contributed by atoms with Gasteiger partial charge in [0.25, 0.3) is 0 Å². The minimum atomic E-state index is -0.150. The van der Waals surface area contributed by atoms with Crippen molar-refractivity contribution in [3.8, 4) is 0 Å². The Balaban J connectivity index is 1.63. The number of carbonyl (C=O) groups is 1. The number of hydrogen-bond donors (Lipinski definition) is 1. The van der Waals surface area contributed by atoms with E-state index in [2.05, 4.69) is 6.92 Å². The van der Waals surface area contributed by atoms with Crippen LogP contribution in [-0.2, 0) is 4.79 Å². The van der Waals surface area contributed by atoms with Gasteiger partial charge in [-0.1, -0.05) is 12.5 Å². The Hall–Kier alpha value is -0.630. The van der Waals surface area contributed by atoms with Crippen molar-refractivity contribution in [3.05, 3.63) is 11.6 Å². The molecule has 2 nitrogen and oxygen atoms in total. The Bertz CT molecular complexity index is 520. The van der Waals surface area contributed by atoms with Gasteiger partial charge in [-0.15, -0.1) is 0 Å². The van der Waals surface area contributed by atoms with E-state index in [-0.39, 0.29) is 6.10 Å². The maximum Gasteiger partial charge on any atom is 0.155 e. The van der Waals surface area contributed by atoms with Crippen LogP contribution in [0.4, 0.5) is 0 Å². The highest BCUT2D eigenvalue weighted by Crippen LogP contribution is 2.65. The number of rotatable bonds is 2. The predicted octanol–water partition coefficient (Wildman–Crippen LogP) is 4.52. The molecule has 0 heterocycles. The van der Waals surface area contributed by atoms with Crippen LogP contribution >= 0.6 is 0 Å². The number of aliphatic hydroxyl groups excluding tert-OH is 1. The first kappa shape index (κ1) is 15.9. The fraction of sp³-hybridized carbons (Fsp3) is 0.857. The Labute approximate surface area is 140 Å². The minimum Gasteiger partial charge on any atom is -0.393 e. The molecule has 0 aromatic heterocycles. The van der Waals surface area contributed by atoms with Crippen LogP contribution in [0.15, 0.2) is 11.6 Å². The molecule has 0 saturated heterocycles. The van der Waals surface area contributed by atoms with Crippen molar-refractivity contribution in [2.24, 2.45) is 35.0 Å². The van der Waals surface area contributed by atoms with Crippen molar-refractivity contribution in [3.63, 3.8) is 0 Å². The Morgan fingerprint density at radius 2 is 2.00 bits per heavy atom. The molecule has 0 aromatic rings. The molecule has 128 valence electrons. The third-order valence-electron chi connectivity index (χ3n) is 8.32. The molecule has 1 N–H and O–H groups in total. The molecule has 0 aromatic carbocycles. The van der Waals surface area contributed by atoms with E-state index in [1.807, 2.05) is 13.0 Å². The highest BCUT2D eigenvalue weighted by molar-refractivity contribution is 5.91. The summed E-state index contributed by atoms with van der Waals surface area (Å²) in [6.45, 7) is 4.38. The van der Waals surface area contributed by atoms with E-state index in [9.17, 15) is 9.90 Å². The highest BCUT2D eigenvalue weighted by Gasteiger charge is 2.58. The average Bonchev–Trinajstić information content (AvgIpc) is 2.94. The quantitative estimate of drug-likeness (QED) is 0.813. The SMILES string of the molecule is CC[C@]12CC[C@H]3[C@@H](CCC4=CC(=O)CC[C@@H]43)[C@H]1CC[C@@H]2[C@@H](C)O. The number of hydrogen-bond acceptors (Lipinski definition) is 2. The average molecular weight is 316 g/mol. The van der Waals surface area contributed by atoms with Crippen LogP contribution in [0.3, 0.4) is 0 Å². The second-order valence-corrected chi connectivity index (χ2v) is 8.85. The van der Waals surface area contributed by atoms with Gasteiger partial charge in [-0.3, -0.25) is 4.79 Å². The Kier molecular flexibility index (Phi) is 3.95. The van der Waals surface area contributed by atoms with Crippen molar-refractivity contribution in [1.82, 2.24) is 0 Å². The first-order valence-corrected chi connectivity index (χ1v) is 9.98. The van der Waals surface area contributed by atoms with Crippen LogP contribution in [-0.4, -0.2) is 17.0 Å². The molecule has 4 rings (SSSR count). The van der Waals surface area contributed by atoms with Crippen molar-refractivity contribution < 1.29 is 9.90 Å². The van der Waals surface area contributed by atoms with Crippen LogP contribution in [0.25, 0.3) is 0 Å². The number of carbonyl (C=O) groups excluding carboxylic acids is 1. The van der Waals surface area contributed by atoms with Crippen LogP contribution in [0.2, 0.25) is 0 Å². The molecular weight excluding hydrogens is 284 g/mol. The first-order valence-electron chi connectivity index (χ1n) is 9.98. The van der Waals surface area contributed by atoms with E-state index in [1.54, 1.807) is 0 Å². The summed E-state index contributed by atoms with van der Waals surface area (Å²) in [4.78, 5) is 11.8. The molecule has 3 fully saturated rings. The molecule has 0 bridgehead atoms. The zero-order valence-corrected chi connectivity index (χ0v) is 14.8. The van der Waals surface area contributed by atoms with Gasteiger partial charge in [-0.25, -0.2) is 0 Å². The summed E-state index contributed by atoms with van der Waals surface area (Å²) in [5, 5.41) is 10.4. The van der Waals surface area contributed by atoms with E-state index >= 15 is 0 Å². The molecule has 3 saturated carbocycles. The van der Waals surface area contributed by atoms with Gasteiger partial charge in [0.05, 0.1) is 6.10 Å². The molecule has 2 heteroatoms. The zero-order valence-electron chi connectivity index (χ0n) is 14.8. The van der Waals surface area contributed by atoms with Crippen molar-refractivity contribution >= 4 is 5.78 Å². The van der Waals surface area contributed by atoms with Gasteiger partial charge < -0.3 is 5.11 Å². The molecule has 4 aliphatic rings. The van der Waals surface area contributed by atoms with Gasteiger partial charge in [0.2, 0.25) is 0 Å². The number of aliphatic hydroxyl groups is 1. The fourth-order valence-electron chi connectivity index (χ4n) is 7.45. The lowest BCUT2D eigenvalue weighted by atomic mass is 9.50. The lowest BCUT2D eigenvalue weighted by molar-refractivity contribution is -0.116. The van der Waals surface area contributed by atoms with Gasteiger partial charge in [0, 0.05) is 6.42 Å². The van der Waals surface area contributed by atoms with Gasteiger partial charge in [0.15, 0.2) is 5.78 Å². The number of allylic oxidation sites excluding steroid dienone is 1. The molecule has 4 aliphatic carbocycles. The normalized spacial score (nSPS) is 47.3. The van der Waals surface area contributed by atoms with Crippen molar-refractivity contribution in [2.45, 2.75) is 77.7 Å². The maximum atomic E-state index is 11.8. The summed E-state index contributed by atoms with van der Waals surface area (Å²) in [5.74, 6) is 4.08. The Morgan fingerprint density at radius 3 is 2.74 bits per heavy atom. The standard InChI is InChI=1S/C21H32O2/c1-3-21-11-10-17-16-7-5-15(23)12-14(16)4-6-18(17)20(21)9-8-19(21)13(2)22/h12-13,16-20,22H,3-11H2,1-2H3/t13-,16+,17-,18-,19-,20-,21-/m1/s1. The second kappa shape index (κ2) is 5.72. The van der Waals surface area contributed by atoms with Gasteiger partial charge in [-0.2, -0.15) is 0 Å². The summed E-state index contributed by atoms with van der Waals surface area (Å²) in [6, 6.07) is 0.